The first-order chi connectivity index (χ1) is 12.5. The van der Waals surface area contributed by atoms with E-state index in [-0.39, 0.29) is 11.6 Å². The maximum Gasteiger partial charge on any atom is 0.412 e. The molecular weight excluding hydrogens is 353 g/mol. The largest absolute Gasteiger partial charge is 0.444 e. The van der Waals surface area contributed by atoms with Gasteiger partial charge in [0.2, 0.25) is 5.91 Å². The molecule has 0 aliphatic carbocycles. The Labute approximate surface area is 157 Å². The van der Waals surface area contributed by atoms with Crippen LogP contribution in [0.25, 0.3) is 0 Å². The summed E-state index contributed by atoms with van der Waals surface area (Å²) in [4.78, 5) is 24.4. The van der Waals surface area contributed by atoms with E-state index >= 15 is 0 Å². The van der Waals surface area contributed by atoms with Crippen molar-refractivity contribution in [2.24, 2.45) is 0 Å². The minimum Gasteiger partial charge on any atom is -0.444 e. The van der Waals surface area contributed by atoms with Crippen LogP contribution in [0.2, 0.25) is 0 Å². The zero-order valence-electron chi connectivity index (χ0n) is 16.3. The van der Waals surface area contributed by atoms with E-state index < -0.39 is 23.4 Å². The van der Waals surface area contributed by atoms with E-state index in [1.807, 2.05) is 0 Å². The molecule has 1 unspecified atom stereocenters. The van der Waals surface area contributed by atoms with Crippen LogP contribution < -0.4 is 10.6 Å². The van der Waals surface area contributed by atoms with Gasteiger partial charge in [0.15, 0.2) is 0 Å². The lowest BCUT2D eigenvalue weighted by molar-refractivity contribution is -0.117. The van der Waals surface area contributed by atoms with Crippen molar-refractivity contribution in [3.63, 3.8) is 0 Å². The molecule has 2 N–H and O–H groups in total. The van der Waals surface area contributed by atoms with Crippen molar-refractivity contribution in [1.82, 2.24) is 5.16 Å². The van der Waals surface area contributed by atoms with Crippen molar-refractivity contribution in [3.05, 3.63) is 41.0 Å². The van der Waals surface area contributed by atoms with Gasteiger partial charge in [0.05, 0.1) is 17.3 Å². The molecule has 1 aromatic carbocycles. The van der Waals surface area contributed by atoms with E-state index in [4.69, 9.17) is 9.26 Å². The Morgan fingerprint density at radius 2 is 1.89 bits per heavy atom. The summed E-state index contributed by atoms with van der Waals surface area (Å²) < 4.78 is 24.2. The third-order valence-electron chi connectivity index (χ3n) is 3.78. The number of aryl methyl sites for hydroxylation is 2. The standard InChI is InChI=1S/C19H24FN3O4/c1-10(16-11(2)23-27-12(16)3)17(24)21-13-7-8-14(20)15(9-13)22-18(25)26-19(4,5)6/h7-10H,1-6H3,(H,21,24)(H,22,25). The van der Waals surface area contributed by atoms with Crippen LogP contribution in [0.1, 0.15) is 50.6 Å². The molecule has 2 aromatic rings. The van der Waals surface area contributed by atoms with Gasteiger partial charge in [0.1, 0.15) is 17.2 Å². The van der Waals surface area contributed by atoms with Crippen LogP contribution in [0, 0.1) is 19.7 Å². The highest BCUT2D eigenvalue weighted by Crippen LogP contribution is 2.26. The van der Waals surface area contributed by atoms with Gasteiger partial charge in [-0.2, -0.15) is 0 Å². The Balaban J connectivity index is 2.13. The van der Waals surface area contributed by atoms with Crippen molar-refractivity contribution in [1.29, 1.82) is 0 Å². The monoisotopic (exact) mass is 377 g/mol. The van der Waals surface area contributed by atoms with Crippen LogP contribution >= 0.6 is 0 Å². The van der Waals surface area contributed by atoms with Crippen molar-refractivity contribution in [2.45, 2.75) is 53.1 Å². The number of hydrogen-bond donors (Lipinski definition) is 2. The van der Waals surface area contributed by atoms with Gasteiger partial charge in [-0.3, -0.25) is 10.1 Å². The number of amides is 2. The first-order valence-electron chi connectivity index (χ1n) is 8.51. The molecule has 0 saturated heterocycles. The average Bonchev–Trinajstić information content (AvgIpc) is 2.87. The average molecular weight is 377 g/mol. The van der Waals surface area contributed by atoms with Crippen LogP contribution in [0.5, 0.6) is 0 Å². The second-order valence-electron chi connectivity index (χ2n) is 7.27. The van der Waals surface area contributed by atoms with Gasteiger partial charge in [-0.05, 0) is 59.7 Å². The number of aromatic nitrogens is 1. The maximum atomic E-state index is 14.0. The Hall–Kier alpha value is -2.90. The molecule has 27 heavy (non-hydrogen) atoms. The first kappa shape index (κ1) is 20.4. The third-order valence-corrected chi connectivity index (χ3v) is 3.78. The lowest BCUT2D eigenvalue weighted by Gasteiger charge is -2.20. The van der Waals surface area contributed by atoms with E-state index in [0.717, 1.165) is 6.07 Å². The molecule has 1 atom stereocenters. The predicted octanol–water partition coefficient (Wildman–Crippen LogP) is 4.52. The van der Waals surface area contributed by atoms with Crippen LogP contribution in [-0.2, 0) is 9.53 Å². The fourth-order valence-corrected chi connectivity index (χ4v) is 2.60. The summed E-state index contributed by atoms with van der Waals surface area (Å²) in [6.07, 6.45) is -0.783. The molecule has 0 fully saturated rings. The number of rotatable bonds is 4. The Morgan fingerprint density at radius 1 is 1.22 bits per heavy atom. The smallest absolute Gasteiger partial charge is 0.412 e. The molecule has 1 heterocycles. The van der Waals surface area contributed by atoms with E-state index in [1.54, 1.807) is 41.5 Å². The molecule has 8 heteroatoms. The normalized spacial score (nSPS) is 12.4. The highest BCUT2D eigenvalue weighted by atomic mass is 19.1. The van der Waals surface area contributed by atoms with Crippen molar-refractivity contribution >= 4 is 23.4 Å². The maximum absolute atomic E-state index is 14.0. The van der Waals surface area contributed by atoms with Gasteiger partial charge in [0.25, 0.3) is 0 Å². The fraction of sp³-hybridized carbons (Fsp3) is 0.421. The van der Waals surface area contributed by atoms with E-state index in [1.165, 1.54) is 12.1 Å². The molecule has 2 amide bonds. The molecular formula is C19H24FN3O4. The summed E-state index contributed by atoms with van der Waals surface area (Å²) in [7, 11) is 0. The van der Waals surface area contributed by atoms with E-state index in [0.29, 0.717) is 22.7 Å². The van der Waals surface area contributed by atoms with E-state index in [2.05, 4.69) is 15.8 Å². The zero-order valence-corrected chi connectivity index (χ0v) is 16.3. The van der Waals surface area contributed by atoms with Crippen molar-refractivity contribution < 1.29 is 23.2 Å². The zero-order chi connectivity index (χ0) is 20.4. The van der Waals surface area contributed by atoms with Gasteiger partial charge in [-0.25, -0.2) is 9.18 Å². The van der Waals surface area contributed by atoms with Crippen LogP contribution in [0.4, 0.5) is 20.6 Å². The second kappa shape index (κ2) is 7.77. The molecule has 0 aliphatic rings. The molecule has 0 radical (unpaired) electrons. The van der Waals surface area contributed by atoms with Crippen LogP contribution in [0.3, 0.4) is 0 Å². The molecule has 2 rings (SSSR count). The summed E-state index contributed by atoms with van der Waals surface area (Å²) in [5.74, 6) is -0.887. The van der Waals surface area contributed by atoms with Gasteiger partial charge >= 0.3 is 6.09 Å². The molecule has 7 nitrogen and oxygen atoms in total. The number of benzene rings is 1. The number of nitrogens with one attached hydrogen (secondary N) is 2. The minimum absolute atomic E-state index is 0.0907. The topological polar surface area (TPSA) is 93.5 Å². The quantitative estimate of drug-likeness (QED) is 0.817. The second-order valence-corrected chi connectivity index (χ2v) is 7.27. The van der Waals surface area contributed by atoms with Crippen LogP contribution in [-0.4, -0.2) is 22.8 Å². The van der Waals surface area contributed by atoms with E-state index in [9.17, 15) is 14.0 Å². The minimum atomic E-state index is -0.783. The van der Waals surface area contributed by atoms with Gasteiger partial charge in [-0.1, -0.05) is 5.16 Å². The lowest BCUT2D eigenvalue weighted by atomic mass is 9.98. The summed E-state index contributed by atoms with van der Waals surface area (Å²) in [6.45, 7) is 10.3. The number of ether oxygens (including phenoxy) is 1. The molecule has 146 valence electrons. The number of halogens is 1. The SMILES string of the molecule is Cc1noc(C)c1C(C)C(=O)Nc1ccc(F)c(NC(=O)OC(C)(C)C)c1. The molecule has 1 aromatic heterocycles. The van der Waals surface area contributed by atoms with Gasteiger partial charge in [-0.15, -0.1) is 0 Å². The first-order valence-corrected chi connectivity index (χ1v) is 8.51. The summed E-state index contributed by atoms with van der Waals surface area (Å²) in [5, 5.41) is 8.90. The number of nitrogens with zero attached hydrogens (tertiary/aromatic N) is 1. The third kappa shape index (κ3) is 5.29. The number of carbonyl (C=O) groups excluding carboxylic acids is 2. The molecule has 0 saturated carbocycles. The molecule has 0 bridgehead atoms. The Kier molecular flexibility index (Phi) is 5.88. The van der Waals surface area contributed by atoms with Gasteiger partial charge < -0.3 is 14.6 Å². The summed E-state index contributed by atoms with van der Waals surface area (Å²) in [6, 6.07) is 3.90. The molecule has 0 aliphatic heterocycles. The molecule has 0 spiro atoms. The lowest BCUT2D eigenvalue weighted by Crippen LogP contribution is -2.27. The Bertz CT molecular complexity index is 836. The Morgan fingerprint density at radius 3 is 2.44 bits per heavy atom. The summed E-state index contributed by atoms with van der Waals surface area (Å²) in [5.41, 5.74) is 0.886. The highest BCUT2D eigenvalue weighted by molar-refractivity contribution is 5.96. The number of hydrogen-bond acceptors (Lipinski definition) is 5. The summed E-state index contributed by atoms with van der Waals surface area (Å²) >= 11 is 0. The van der Waals surface area contributed by atoms with Gasteiger partial charge in [0, 0.05) is 11.3 Å². The highest BCUT2D eigenvalue weighted by Gasteiger charge is 2.23. The predicted molar refractivity (Wildman–Crippen MR) is 99.3 cm³/mol. The fourth-order valence-electron chi connectivity index (χ4n) is 2.60. The van der Waals surface area contributed by atoms with Crippen molar-refractivity contribution in [2.75, 3.05) is 10.6 Å². The van der Waals surface area contributed by atoms with Crippen molar-refractivity contribution in [3.8, 4) is 0 Å². The number of anilines is 2. The number of carbonyl (C=O) groups is 2. The van der Waals surface area contributed by atoms with Crippen LogP contribution in [0.15, 0.2) is 22.7 Å².